The van der Waals surface area contributed by atoms with E-state index in [1.807, 2.05) is 0 Å². The molecule has 0 unspecified atom stereocenters. The van der Waals surface area contributed by atoms with E-state index in [-0.39, 0.29) is 0 Å². The molecule has 0 heterocycles. The topological polar surface area (TPSA) is 37.3 Å². The highest BCUT2D eigenvalue weighted by molar-refractivity contribution is 6.32. The fourth-order valence-electron chi connectivity index (χ4n) is 1.03. The molecule has 0 aromatic heterocycles. The van der Waals surface area contributed by atoms with Gasteiger partial charge in [0.2, 0.25) is 0 Å². The van der Waals surface area contributed by atoms with Crippen molar-refractivity contribution in [3.8, 4) is 0 Å². The van der Waals surface area contributed by atoms with Crippen LogP contribution >= 0.6 is 11.6 Å². The van der Waals surface area contributed by atoms with Crippen LogP contribution in [0.2, 0.25) is 5.02 Å². The molecule has 0 spiro atoms. The fourth-order valence-corrected chi connectivity index (χ4v) is 1.30. The molecule has 1 aromatic carbocycles. The van der Waals surface area contributed by atoms with Crippen molar-refractivity contribution in [2.24, 2.45) is 0 Å². The number of hydrogen-bond donors (Lipinski definition) is 1. The molecule has 0 fully saturated rings. The van der Waals surface area contributed by atoms with Crippen LogP contribution in [0.25, 0.3) is 6.08 Å². The number of hydrogen-bond acceptors (Lipinski definition) is 1. The average Bonchev–Trinajstić information content (AvgIpc) is 2.11. The molecule has 1 rings (SSSR count). The molecule has 0 saturated heterocycles. The number of carbonyl (C=O) groups is 1. The van der Waals surface area contributed by atoms with E-state index in [1.165, 1.54) is 18.2 Å². The second kappa shape index (κ2) is 4.24. The highest BCUT2D eigenvalue weighted by Crippen LogP contribution is 2.23. The SMILES string of the molecule is Cc1c(F)ccc(Cl)c1/C=C/C(=O)O. The zero-order chi connectivity index (χ0) is 10.7. The predicted octanol–water partition coefficient (Wildman–Crippen LogP) is 2.89. The Morgan fingerprint density at radius 1 is 1.57 bits per heavy atom. The molecule has 14 heavy (non-hydrogen) atoms. The third-order valence-corrected chi connectivity index (χ3v) is 2.12. The standard InChI is InChI=1S/C10H8ClFO2/c1-6-7(2-5-10(13)14)8(11)3-4-9(6)12/h2-5H,1H3,(H,13,14)/b5-2+. The Hall–Kier alpha value is -1.35. The lowest BCUT2D eigenvalue weighted by Gasteiger charge is -2.03. The van der Waals surface area contributed by atoms with E-state index < -0.39 is 11.8 Å². The molecule has 0 aliphatic carbocycles. The van der Waals surface area contributed by atoms with Gasteiger partial charge in [-0.05, 0) is 36.3 Å². The van der Waals surface area contributed by atoms with Crippen molar-refractivity contribution in [1.82, 2.24) is 0 Å². The van der Waals surface area contributed by atoms with Gasteiger partial charge in [-0.25, -0.2) is 9.18 Å². The van der Waals surface area contributed by atoms with Crippen molar-refractivity contribution < 1.29 is 14.3 Å². The number of aliphatic carboxylic acids is 1. The molecule has 2 nitrogen and oxygen atoms in total. The Kier molecular flexibility index (Phi) is 3.25. The lowest BCUT2D eigenvalue weighted by Crippen LogP contribution is -1.90. The molecule has 0 amide bonds. The smallest absolute Gasteiger partial charge is 0.328 e. The van der Waals surface area contributed by atoms with Crippen LogP contribution in [0.3, 0.4) is 0 Å². The first-order valence-electron chi connectivity index (χ1n) is 3.88. The summed E-state index contributed by atoms with van der Waals surface area (Å²) in [5, 5.41) is 8.74. The quantitative estimate of drug-likeness (QED) is 0.769. The molecule has 1 aromatic rings. The number of halogens is 2. The largest absolute Gasteiger partial charge is 0.478 e. The monoisotopic (exact) mass is 214 g/mol. The summed E-state index contributed by atoms with van der Waals surface area (Å²) in [5.74, 6) is -1.50. The molecule has 0 bridgehead atoms. The molecule has 4 heteroatoms. The van der Waals surface area contributed by atoms with Crippen LogP contribution in [0.1, 0.15) is 11.1 Å². The van der Waals surface area contributed by atoms with Crippen molar-refractivity contribution in [2.45, 2.75) is 6.92 Å². The minimum Gasteiger partial charge on any atom is -0.478 e. The van der Waals surface area contributed by atoms with Crippen molar-refractivity contribution in [3.63, 3.8) is 0 Å². The number of benzene rings is 1. The normalized spacial score (nSPS) is 10.8. The van der Waals surface area contributed by atoms with E-state index in [0.29, 0.717) is 16.1 Å². The van der Waals surface area contributed by atoms with Gasteiger partial charge in [0.15, 0.2) is 0 Å². The van der Waals surface area contributed by atoms with Crippen LogP contribution in [0, 0.1) is 12.7 Å². The minimum absolute atomic E-state index is 0.335. The second-order valence-electron chi connectivity index (χ2n) is 2.74. The average molecular weight is 215 g/mol. The van der Waals surface area contributed by atoms with Crippen molar-refractivity contribution >= 4 is 23.6 Å². The zero-order valence-corrected chi connectivity index (χ0v) is 8.18. The third kappa shape index (κ3) is 2.33. The van der Waals surface area contributed by atoms with Crippen molar-refractivity contribution in [3.05, 3.63) is 40.2 Å². The van der Waals surface area contributed by atoms with Gasteiger partial charge in [0.25, 0.3) is 0 Å². The summed E-state index contributed by atoms with van der Waals surface area (Å²) in [4.78, 5) is 10.3. The van der Waals surface area contributed by atoms with Gasteiger partial charge in [-0.15, -0.1) is 0 Å². The van der Waals surface area contributed by atoms with Gasteiger partial charge in [-0.3, -0.25) is 0 Å². The van der Waals surface area contributed by atoms with Gasteiger partial charge >= 0.3 is 5.97 Å². The first-order valence-corrected chi connectivity index (χ1v) is 4.26. The number of rotatable bonds is 2. The van der Waals surface area contributed by atoms with Crippen LogP contribution in [0.15, 0.2) is 18.2 Å². The highest BCUT2D eigenvalue weighted by atomic mass is 35.5. The van der Waals surface area contributed by atoms with Gasteiger partial charge in [0.1, 0.15) is 5.82 Å². The number of carboxylic acids is 1. The van der Waals surface area contributed by atoms with Crippen LogP contribution in [0.4, 0.5) is 4.39 Å². The zero-order valence-electron chi connectivity index (χ0n) is 7.42. The van der Waals surface area contributed by atoms with E-state index in [0.717, 1.165) is 6.08 Å². The first kappa shape index (κ1) is 10.7. The van der Waals surface area contributed by atoms with Gasteiger partial charge in [-0.1, -0.05) is 11.6 Å². The summed E-state index contributed by atoms with van der Waals surface area (Å²) >= 11 is 5.77. The summed E-state index contributed by atoms with van der Waals surface area (Å²) < 4.78 is 13.0. The van der Waals surface area contributed by atoms with Crippen LogP contribution in [0.5, 0.6) is 0 Å². The molecule has 0 saturated carbocycles. The van der Waals surface area contributed by atoms with Gasteiger partial charge in [0.05, 0.1) is 0 Å². The Morgan fingerprint density at radius 3 is 2.79 bits per heavy atom. The molecule has 0 aliphatic rings. The lowest BCUT2D eigenvalue weighted by atomic mass is 10.1. The molecule has 0 atom stereocenters. The minimum atomic E-state index is -1.09. The van der Waals surface area contributed by atoms with Crippen LogP contribution < -0.4 is 0 Å². The highest BCUT2D eigenvalue weighted by Gasteiger charge is 2.05. The maximum absolute atomic E-state index is 13.0. The predicted molar refractivity (Wildman–Crippen MR) is 52.8 cm³/mol. The summed E-state index contributed by atoms with van der Waals surface area (Å²) in [5.41, 5.74) is 0.740. The Bertz CT molecular complexity index is 399. The van der Waals surface area contributed by atoms with E-state index in [2.05, 4.69) is 0 Å². The van der Waals surface area contributed by atoms with Crippen molar-refractivity contribution in [2.75, 3.05) is 0 Å². The molecule has 0 radical (unpaired) electrons. The van der Waals surface area contributed by atoms with Crippen LogP contribution in [-0.2, 0) is 4.79 Å². The van der Waals surface area contributed by atoms with E-state index in [9.17, 15) is 9.18 Å². The Balaban J connectivity index is 3.19. The fraction of sp³-hybridized carbons (Fsp3) is 0.100. The molecular formula is C10H8ClFO2. The van der Waals surface area contributed by atoms with Crippen molar-refractivity contribution in [1.29, 1.82) is 0 Å². The summed E-state index contributed by atoms with van der Waals surface area (Å²) in [6.45, 7) is 1.54. The summed E-state index contributed by atoms with van der Waals surface area (Å²) in [6.07, 6.45) is 2.21. The molecular weight excluding hydrogens is 207 g/mol. The van der Waals surface area contributed by atoms with Gasteiger partial charge in [-0.2, -0.15) is 0 Å². The first-order chi connectivity index (χ1) is 6.52. The van der Waals surface area contributed by atoms with E-state index >= 15 is 0 Å². The summed E-state index contributed by atoms with van der Waals surface area (Å²) in [6, 6.07) is 2.64. The van der Waals surface area contributed by atoms with Crippen LogP contribution in [-0.4, -0.2) is 11.1 Å². The molecule has 0 aliphatic heterocycles. The van der Waals surface area contributed by atoms with E-state index in [4.69, 9.17) is 16.7 Å². The second-order valence-corrected chi connectivity index (χ2v) is 3.15. The molecule has 74 valence electrons. The lowest BCUT2D eigenvalue weighted by molar-refractivity contribution is -0.131. The summed E-state index contributed by atoms with van der Waals surface area (Å²) in [7, 11) is 0. The maximum atomic E-state index is 13.0. The number of carboxylic acid groups (broad SMARTS) is 1. The Morgan fingerprint density at radius 2 is 2.21 bits per heavy atom. The molecule has 1 N–H and O–H groups in total. The Labute approximate surface area is 85.6 Å². The third-order valence-electron chi connectivity index (χ3n) is 1.79. The van der Waals surface area contributed by atoms with Gasteiger partial charge < -0.3 is 5.11 Å². The van der Waals surface area contributed by atoms with Gasteiger partial charge in [0, 0.05) is 11.1 Å². The maximum Gasteiger partial charge on any atom is 0.328 e. The van der Waals surface area contributed by atoms with E-state index in [1.54, 1.807) is 6.92 Å².